The molecule has 1 aromatic heterocycles. The van der Waals surface area contributed by atoms with Crippen LogP contribution in [0.25, 0.3) is 10.9 Å². The molecular formula is C27H33N5O7. The number of fused-ring (bicyclic) bond motifs is 1. The van der Waals surface area contributed by atoms with Crippen molar-refractivity contribution in [3.05, 3.63) is 65.9 Å². The molecule has 0 fully saturated rings. The Balaban J connectivity index is 1.78. The number of carboxylic acids is 1. The topological polar surface area (TPSA) is 207 Å². The number of carboxylic acid groups (broad SMARTS) is 1. The number of aliphatic hydroxyl groups is 1. The van der Waals surface area contributed by atoms with Crippen LogP contribution in [0.3, 0.4) is 0 Å². The van der Waals surface area contributed by atoms with E-state index in [4.69, 9.17) is 5.73 Å². The molecule has 12 nitrogen and oxygen atoms in total. The number of rotatable bonds is 12. The fourth-order valence-corrected chi connectivity index (χ4v) is 4.02. The molecule has 0 aliphatic heterocycles. The second kappa shape index (κ2) is 12.9. The van der Waals surface area contributed by atoms with E-state index in [0.29, 0.717) is 5.56 Å². The maximum atomic E-state index is 13.3. The zero-order chi connectivity index (χ0) is 28.7. The van der Waals surface area contributed by atoms with Crippen LogP contribution in [-0.2, 0) is 32.0 Å². The quantitative estimate of drug-likeness (QED) is 0.156. The Hall–Kier alpha value is -4.42. The molecule has 9 N–H and O–H groups in total. The summed E-state index contributed by atoms with van der Waals surface area (Å²) in [6.45, 7) is 2.73. The van der Waals surface area contributed by atoms with Gasteiger partial charge in [0, 0.05) is 29.9 Å². The molecule has 3 aromatic rings. The summed E-state index contributed by atoms with van der Waals surface area (Å²) in [5.74, 6) is -3.60. The molecule has 0 radical (unpaired) electrons. The molecular weight excluding hydrogens is 506 g/mol. The van der Waals surface area contributed by atoms with Crippen molar-refractivity contribution in [2.24, 2.45) is 5.73 Å². The first-order valence-electron chi connectivity index (χ1n) is 12.4. The van der Waals surface area contributed by atoms with Crippen LogP contribution in [0.2, 0.25) is 0 Å². The van der Waals surface area contributed by atoms with E-state index in [1.165, 1.54) is 38.1 Å². The minimum atomic E-state index is -1.52. The molecule has 0 aliphatic rings. The zero-order valence-electron chi connectivity index (χ0n) is 21.5. The SMILES string of the molecule is CC(N)C(=O)NC(Cc1c[nH]c2ccccc12)C(=O)NC(C(=O)NC(Cc1ccc(O)cc1)C(=O)O)C(C)O. The summed E-state index contributed by atoms with van der Waals surface area (Å²) >= 11 is 0. The minimum Gasteiger partial charge on any atom is -0.508 e. The van der Waals surface area contributed by atoms with Gasteiger partial charge in [0.25, 0.3) is 0 Å². The highest BCUT2D eigenvalue weighted by molar-refractivity contribution is 5.95. The lowest BCUT2D eigenvalue weighted by Gasteiger charge is -2.26. The van der Waals surface area contributed by atoms with E-state index in [-0.39, 0.29) is 18.6 Å². The molecule has 0 bridgehead atoms. The number of hydrogen-bond donors (Lipinski definition) is 8. The molecule has 1 heterocycles. The lowest BCUT2D eigenvalue weighted by molar-refractivity contribution is -0.143. The molecule has 0 saturated heterocycles. The number of carbonyl (C=O) groups excluding carboxylic acids is 3. The van der Waals surface area contributed by atoms with Gasteiger partial charge in [-0.05, 0) is 43.2 Å². The number of aromatic nitrogens is 1. The second-order valence-corrected chi connectivity index (χ2v) is 9.41. The third-order valence-corrected chi connectivity index (χ3v) is 6.20. The van der Waals surface area contributed by atoms with Crippen LogP contribution in [0, 0.1) is 0 Å². The minimum absolute atomic E-state index is 0.00449. The van der Waals surface area contributed by atoms with Gasteiger partial charge in [-0.25, -0.2) is 4.79 Å². The van der Waals surface area contributed by atoms with Gasteiger partial charge in [0.05, 0.1) is 12.1 Å². The number of amides is 3. The Labute approximate surface area is 224 Å². The normalized spacial score (nSPS) is 15.0. The van der Waals surface area contributed by atoms with E-state index in [9.17, 15) is 34.5 Å². The van der Waals surface area contributed by atoms with Crippen molar-refractivity contribution < 1.29 is 34.5 Å². The van der Waals surface area contributed by atoms with Crippen molar-refractivity contribution in [3.63, 3.8) is 0 Å². The van der Waals surface area contributed by atoms with Gasteiger partial charge in [-0.3, -0.25) is 14.4 Å². The molecule has 0 saturated carbocycles. The van der Waals surface area contributed by atoms with Crippen LogP contribution in [-0.4, -0.2) is 74.3 Å². The number of carbonyl (C=O) groups is 4. The summed E-state index contributed by atoms with van der Waals surface area (Å²) in [6, 6.07) is 8.26. The van der Waals surface area contributed by atoms with Crippen LogP contribution in [0.5, 0.6) is 5.75 Å². The summed E-state index contributed by atoms with van der Waals surface area (Å²) in [6.07, 6.45) is 0.272. The number of H-pyrrole nitrogens is 1. The van der Waals surface area contributed by atoms with Gasteiger partial charge in [0.15, 0.2) is 0 Å². The first-order chi connectivity index (χ1) is 18.5. The number of benzene rings is 2. The van der Waals surface area contributed by atoms with Gasteiger partial charge in [-0.15, -0.1) is 0 Å². The predicted octanol–water partition coefficient (Wildman–Crippen LogP) is -0.0743. The fourth-order valence-electron chi connectivity index (χ4n) is 4.02. The number of aliphatic carboxylic acids is 1. The smallest absolute Gasteiger partial charge is 0.326 e. The van der Waals surface area contributed by atoms with Crippen molar-refractivity contribution in [1.29, 1.82) is 0 Å². The number of nitrogens with two attached hydrogens (primary N) is 1. The summed E-state index contributed by atoms with van der Waals surface area (Å²) in [5, 5.41) is 37.6. The Morgan fingerprint density at radius 1 is 0.872 bits per heavy atom. The summed E-state index contributed by atoms with van der Waals surface area (Å²) in [5.41, 5.74) is 7.78. The van der Waals surface area contributed by atoms with Crippen LogP contribution in [0.15, 0.2) is 54.7 Å². The first kappa shape index (κ1) is 29.1. The molecule has 0 aliphatic carbocycles. The van der Waals surface area contributed by atoms with Gasteiger partial charge in [0.2, 0.25) is 17.7 Å². The average molecular weight is 540 g/mol. The van der Waals surface area contributed by atoms with Crippen LogP contribution < -0.4 is 21.7 Å². The largest absolute Gasteiger partial charge is 0.508 e. The number of nitrogens with one attached hydrogen (secondary N) is 4. The van der Waals surface area contributed by atoms with Crippen LogP contribution >= 0.6 is 0 Å². The molecule has 0 spiro atoms. The average Bonchev–Trinajstić information content (AvgIpc) is 3.29. The number of para-hydroxylation sites is 1. The van der Waals surface area contributed by atoms with E-state index in [1.807, 2.05) is 24.3 Å². The van der Waals surface area contributed by atoms with Crippen molar-refractivity contribution >= 4 is 34.6 Å². The van der Waals surface area contributed by atoms with Gasteiger partial charge in [0.1, 0.15) is 23.9 Å². The molecule has 2 aromatic carbocycles. The molecule has 39 heavy (non-hydrogen) atoms. The van der Waals surface area contributed by atoms with Gasteiger partial charge < -0.3 is 42.0 Å². The predicted molar refractivity (Wildman–Crippen MR) is 143 cm³/mol. The van der Waals surface area contributed by atoms with Crippen LogP contribution in [0.1, 0.15) is 25.0 Å². The maximum absolute atomic E-state index is 13.3. The first-order valence-corrected chi connectivity index (χ1v) is 12.4. The molecule has 3 rings (SSSR count). The highest BCUT2D eigenvalue weighted by atomic mass is 16.4. The number of hydrogen-bond acceptors (Lipinski definition) is 7. The highest BCUT2D eigenvalue weighted by Gasteiger charge is 2.33. The summed E-state index contributed by atoms with van der Waals surface area (Å²) < 4.78 is 0. The Bertz CT molecular complexity index is 1320. The number of aromatic amines is 1. The molecule has 208 valence electrons. The molecule has 12 heteroatoms. The van der Waals surface area contributed by atoms with Gasteiger partial charge in [-0.1, -0.05) is 30.3 Å². The van der Waals surface area contributed by atoms with E-state index < -0.39 is 54.0 Å². The fraction of sp³-hybridized carbons (Fsp3) is 0.333. The number of aliphatic hydroxyl groups excluding tert-OH is 1. The van der Waals surface area contributed by atoms with Crippen molar-refractivity contribution in [1.82, 2.24) is 20.9 Å². The van der Waals surface area contributed by atoms with Crippen molar-refractivity contribution in [2.75, 3.05) is 0 Å². The molecule has 5 unspecified atom stereocenters. The second-order valence-electron chi connectivity index (χ2n) is 9.41. The standard InChI is InChI=1S/C27H33N5O7/c1-14(28)24(35)30-21(12-17-13-29-20-6-4-3-5-19(17)20)25(36)32-23(15(2)33)26(37)31-22(27(38)39)11-16-7-9-18(34)10-8-16/h3-10,13-15,21-23,29,33-34H,11-12,28H2,1-2H3,(H,30,35)(H,31,37)(H,32,36)(H,38,39). The molecule has 5 atom stereocenters. The Morgan fingerprint density at radius 2 is 1.51 bits per heavy atom. The number of phenolic OH excluding ortho intramolecular Hbond substituents is 1. The third-order valence-electron chi connectivity index (χ3n) is 6.20. The van der Waals surface area contributed by atoms with Crippen LogP contribution in [0.4, 0.5) is 0 Å². The van der Waals surface area contributed by atoms with E-state index >= 15 is 0 Å². The van der Waals surface area contributed by atoms with E-state index in [2.05, 4.69) is 20.9 Å². The summed E-state index contributed by atoms with van der Waals surface area (Å²) in [4.78, 5) is 53.6. The summed E-state index contributed by atoms with van der Waals surface area (Å²) in [7, 11) is 0. The lowest BCUT2D eigenvalue weighted by Crippen LogP contribution is -2.60. The third kappa shape index (κ3) is 7.79. The van der Waals surface area contributed by atoms with Gasteiger partial charge >= 0.3 is 5.97 Å². The number of aromatic hydroxyl groups is 1. The molecule has 3 amide bonds. The maximum Gasteiger partial charge on any atom is 0.326 e. The van der Waals surface area contributed by atoms with Crippen molar-refractivity contribution in [3.8, 4) is 5.75 Å². The van der Waals surface area contributed by atoms with E-state index in [0.717, 1.165) is 16.5 Å². The lowest BCUT2D eigenvalue weighted by atomic mass is 10.0. The zero-order valence-corrected chi connectivity index (χ0v) is 21.5. The van der Waals surface area contributed by atoms with Gasteiger partial charge in [-0.2, -0.15) is 0 Å². The monoisotopic (exact) mass is 539 g/mol. The van der Waals surface area contributed by atoms with Crippen molar-refractivity contribution in [2.45, 2.75) is 57.0 Å². The highest BCUT2D eigenvalue weighted by Crippen LogP contribution is 2.19. The number of phenols is 1. The van der Waals surface area contributed by atoms with E-state index in [1.54, 1.807) is 6.20 Å². The Kier molecular flexibility index (Phi) is 9.63. The Morgan fingerprint density at radius 3 is 2.13 bits per heavy atom.